The molecule has 0 spiro atoms. The zero-order chi connectivity index (χ0) is 10.2. The SMILES string of the molecule is CCCCNCCCC(C)(C)C#N. The third kappa shape index (κ3) is 7.80. The van der Waals surface area contributed by atoms with Crippen LogP contribution >= 0.6 is 0 Å². The van der Waals surface area contributed by atoms with Crippen molar-refractivity contribution in [1.29, 1.82) is 5.26 Å². The van der Waals surface area contributed by atoms with E-state index in [2.05, 4.69) is 18.3 Å². The van der Waals surface area contributed by atoms with Gasteiger partial charge in [0.15, 0.2) is 0 Å². The summed E-state index contributed by atoms with van der Waals surface area (Å²) in [5.41, 5.74) is -0.146. The molecule has 1 N–H and O–H groups in total. The van der Waals surface area contributed by atoms with Crippen LogP contribution in [-0.4, -0.2) is 13.1 Å². The highest BCUT2D eigenvalue weighted by molar-refractivity contribution is 4.91. The van der Waals surface area contributed by atoms with Crippen LogP contribution in [0.1, 0.15) is 46.5 Å². The van der Waals surface area contributed by atoms with E-state index in [-0.39, 0.29) is 5.41 Å². The lowest BCUT2D eigenvalue weighted by atomic mass is 9.90. The van der Waals surface area contributed by atoms with Crippen LogP contribution in [0.25, 0.3) is 0 Å². The second-order valence-corrected chi connectivity index (χ2v) is 4.20. The second kappa shape index (κ2) is 6.91. The topological polar surface area (TPSA) is 35.8 Å². The standard InChI is InChI=1S/C11H22N2/c1-4-5-8-13-9-6-7-11(2,3)10-12/h13H,4-9H2,1-3H3. The first-order valence-electron chi connectivity index (χ1n) is 5.24. The fraction of sp³-hybridized carbons (Fsp3) is 0.909. The van der Waals surface area contributed by atoms with E-state index in [0.717, 1.165) is 25.9 Å². The van der Waals surface area contributed by atoms with Gasteiger partial charge in [-0.2, -0.15) is 5.26 Å². The highest BCUT2D eigenvalue weighted by atomic mass is 14.8. The van der Waals surface area contributed by atoms with Crippen LogP contribution in [-0.2, 0) is 0 Å². The molecule has 0 atom stereocenters. The van der Waals surface area contributed by atoms with Gasteiger partial charge in [-0.1, -0.05) is 13.3 Å². The summed E-state index contributed by atoms with van der Waals surface area (Å²) >= 11 is 0. The highest BCUT2D eigenvalue weighted by Gasteiger charge is 2.14. The summed E-state index contributed by atoms with van der Waals surface area (Å²) in [6.45, 7) is 8.35. The molecule has 0 unspecified atom stereocenters. The molecule has 0 aromatic carbocycles. The second-order valence-electron chi connectivity index (χ2n) is 4.20. The third-order valence-electron chi connectivity index (χ3n) is 2.17. The molecule has 2 nitrogen and oxygen atoms in total. The first kappa shape index (κ1) is 12.4. The van der Waals surface area contributed by atoms with Crippen LogP contribution < -0.4 is 5.32 Å². The molecular formula is C11H22N2. The van der Waals surface area contributed by atoms with Crippen molar-refractivity contribution in [1.82, 2.24) is 5.32 Å². The van der Waals surface area contributed by atoms with Crippen LogP contribution in [0.5, 0.6) is 0 Å². The lowest BCUT2D eigenvalue weighted by Crippen LogP contribution is -2.18. The summed E-state index contributed by atoms with van der Waals surface area (Å²) in [7, 11) is 0. The van der Waals surface area contributed by atoms with Crippen molar-refractivity contribution in [2.24, 2.45) is 5.41 Å². The van der Waals surface area contributed by atoms with Crippen molar-refractivity contribution in [3.05, 3.63) is 0 Å². The van der Waals surface area contributed by atoms with Gasteiger partial charge in [0.25, 0.3) is 0 Å². The monoisotopic (exact) mass is 182 g/mol. The van der Waals surface area contributed by atoms with Crippen molar-refractivity contribution in [2.75, 3.05) is 13.1 Å². The molecule has 0 aliphatic carbocycles. The number of rotatable bonds is 7. The van der Waals surface area contributed by atoms with Crippen molar-refractivity contribution >= 4 is 0 Å². The zero-order valence-corrected chi connectivity index (χ0v) is 9.19. The Labute approximate surface area is 82.3 Å². The summed E-state index contributed by atoms with van der Waals surface area (Å²) in [5.74, 6) is 0. The van der Waals surface area contributed by atoms with E-state index in [1.54, 1.807) is 0 Å². The number of unbranched alkanes of at least 4 members (excludes halogenated alkanes) is 1. The minimum absolute atomic E-state index is 0.146. The summed E-state index contributed by atoms with van der Waals surface area (Å²) in [5, 5.41) is 12.1. The number of nitrogens with one attached hydrogen (secondary N) is 1. The van der Waals surface area contributed by atoms with Gasteiger partial charge < -0.3 is 5.32 Å². The van der Waals surface area contributed by atoms with E-state index in [1.807, 2.05) is 13.8 Å². The first-order chi connectivity index (χ1) is 6.12. The molecule has 76 valence electrons. The molecule has 0 amide bonds. The molecule has 0 aliphatic heterocycles. The van der Waals surface area contributed by atoms with Gasteiger partial charge in [-0.3, -0.25) is 0 Å². The van der Waals surface area contributed by atoms with Gasteiger partial charge in [0, 0.05) is 0 Å². The van der Waals surface area contributed by atoms with E-state index in [4.69, 9.17) is 5.26 Å². The quantitative estimate of drug-likeness (QED) is 0.614. The molecule has 0 bridgehead atoms. The maximum Gasteiger partial charge on any atom is 0.0683 e. The van der Waals surface area contributed by atoms with Gasteiger partial charge in [-0.05, 0) is 46.2 Å². The molecule has 0 aromatic rings. The Balaban J connectivity index is 3.22. The molecule has 0 fully saturated rings. The Hall–Kier alpha value is -0.550. The summed E-state index contributed by atoms with van der Waals surface area (Å²) in [4.78, 5) is 0. The van der Waals surface area contributed by atoms with Gasteiger partial charge in [0.1, 0.15) is 0 Å². The maximum absolute atomic E-state index is 8.76. The molecule has 0 aliphatic rings. The Morgan fingerprint density at radius 1 is 1.23 bits per heavy atom. The molecular weight excluding hydrogens is 160 g/mol. The van der Waals surface area contributed by atoms with Gasteiger partial charge >= 0.3 is 0 Å². The van der Waals surface area contributed by atoms with Crippen molar-refractivity contribution in [2.45, 2.75) is 46.5 Å². The number of hydrogen-bond donors (Lipinski definition) is 1. The maximum atomic E-state index is 8.76. The van der Waals surface area contributed by atoms with E-state index >= 15 is 0 Å². The fourth-order valence-electron chi connectivity index (χ4n) is 1.14. The van der Waals surface area contributed by atoms with Crippen LogP contribution in [0.15, 0.2) is 0 Å². The molecule has 0 aromatic heterocycles. The predicted octanol–water partition coefficient (Wildman–Crippen LogP) is 2.71. The van der Waals surface area contributed by atoms with Gasteiger partial charge in [0.05, 0.1) is 11.5 Å². The smallest absolute Gasteiger partial charge is 0.0683 e. The zero-order valence-electron chi connectivity index (χ0n) is 9.19. The van der Waals surface area contributed by atoms with Crippen LogP contribution in [0.3, 0.4) is 0 Å². The molecule has 2 heteroatoms. The van der Waals surface area contributed by atoms with E-state index in [1.165, 1.54) is 12.8 Å². The normalized spacial score (nSPS) is 11.2. The van der Waals surface area contributed by atoms with Gasteiger partial charge in [-0.25, -0.2) is 0 Å². The van der Waals surface area contributed by atoms with E-state index < -0.39 is 0 Å². The minimum atomic E-state index is -0.146. The summed E-state index contributed by atoms with van der Waals surface area (Å²) < 4.78 is 0. The third-order valence-corrected chi connectivity index (χ3v) is 2.17. The number of hydrogen-bond acceptors (Lipinski definition) is 2. The molecule has 0 saturated carbocycles. The number of nitriles is 1. The summed E-state index contributed by atoms with van der Waals surface area (Å²) in [6, 6.07) is 2.32. The lowest BCUT2D eigenvalue weighted by Gasteiger charge is -2.14. The number of nitrogens with zero attached hydrogens (tertiary/aromatic N) is 1. The minimum Gasteiger partial charge on any atom is -0.317 e. The average molecular weight is 182 g/mol. The highest BCUT2D eigenvalue weighted by Crippen LogP contribution is 2.19. The Morgan fingerprint density at radius 3 is 2.38 bits per heavy atom. The van der Waals surface area contributed by atoms with Gasteiger partial charge in [-0.15, -0.1) is 0 Å². The average Bonchev–Trinajstić information content (AvgIpc) is 2.11. The fourth-order valence-corrected chi connectivity index (χ4v) is 1.14. The Bertz CT molecular complexity index is 156. The van der Waals surface area contributed by atoms with Crippen molar-refractivity contribution in [3.8, 4) is 6.07 Å². The lowest BCUT2D eigenvalue weighted by molar-refractivity contribution is 0.425. The van der Waals surface area contributed by atoms with Crippen LogP contribution in [0, 0.1) is 16.7 Å². The summed E-state index contributed by atoms with van der Waals surface area (Å²) in [6.07, 6.45) is 4.59. The molecule has 0 saturated heterocycles. The van der Waals surface area contributed by atoms with E-state index in [0.29, 0.717) is 0 Å². The van der Waals surface area contributed by atoms with Crippen LogP contribution in [0.2, 0.25) is 0 Å². The first-order valence-corrected chi connectivity index (χ1v) is 5.24. The predicted molar refractivity (Wildman–Crippen MR) is 56.4 cm³/mol. The molecule has 0 rings (SSSR count). The largest absolute Gasteiger partial charge is 0.317 e. The Morgan fingerprint density at radius 2 is 1.85 bits per heavy atom. The molecule has 13 heavy (non-hydrogen) atoms. The van der Waals surface area contributed by atoms with Crippen LogP contribution in [0.4, 0.5) is 0 Å². The van der Waals surface area contributed by atoms with Gasteiger partial charge in [0.2, 0.25) is 0 Å². The van der Waals surface area contributed by atoms with Crippen molar-refractivity contribution in [3.63, 3.8) is 0 Å². The Kier molecular flexibility index (Phi) is 6.62. The molecule has 0 heterocycles. The van der Waals surface area contributed by atoms with E-state index in [9.17, 15) is 0 Å². The van der Waals surface area contributed by atoms with Crippen molar-refractivity contribution < 1.29 is 0 Å². The molecule has 0 radical (unpaired) electrons.